The highest BCUT2D eigenvalue weighted by atomic mass is 32.2. The first-order chi connectivity index (χ1) is 12.6. The second-order valence-corrected chi connectivity index (χ2v) is 8.75. The second kappa shape index (κ2) is 8.10. The average Bonchev–Trinajstić information content (AvgIpc) is 2.57. The summed E-state index contributed by atoms with van der Waals surface area (Å²) in [5, 5.41) is 2.82. The van der Waals surface area contributed by atoms with Crippen LogP contribution in [0.5, 0.6) is 5.75 Å². The molecule has 0 unspecified atom stereocenters. The summed E-state index contributed by atoms with van der Waals surface area (Å²) in [6.07, 6.45) is 0. The van der Waals surface area contributed by atoms with Crippen molar-refractivity contribution in [3.63, 3.8) is 0 Å². The molecule has 0 fully saturated rings. The van der Waals surface area contributed by atoms with Crippen LogP contribution in [0.2, 0.25) is 0 Å². The molecule has 1 N–H and O–H groups in total. The highest BCUT2D eigenvalue weighted by Gasteiger charge is 2.27. The van der Waals surface area contributed by atoms with Gasteiger partial charge in [0.05, 0.1) is 13.7 Å². The Labute approximate surface area is 161 Å². The summed E-state index contributed by atoms with van der Waals surface area (Å²) >= 11 is 0. The zero-order chi connectivity index (χ0) is 20.4. The third-order valence-corrected chi connectivity index (χ3v) is 6.14. The normalized spacial score (nSPS) is 11.5. The first kappa shape index (κ1) is 20.9. The van der Waals surface area contributed by atoms with E-state index in [0.29, 0.717) is 5.69 Å². The number of hydrogen-bond donors (Lipinski definition) is 1. The van der Waals surface area contributed by atoms with Gasteiger partial charge in [0.15, 0.2) is 0 Å². The molecular weight excluding hydrogens is 364 g/mol. The van der Waals surface area contributed by atoms with E-state index in [1.165, 1.54) is 20.2 Å². The van der Waals surface area contributed by atoms with E-state index >= 15 is 0 Å². The highest BCUT2D eigenvalue weighted by molar-refractivity contribution is 7.89. The van der Waals surface area contributed by atoms with Crippen molar-refractivity contribution in [2.45, 2.75) is 32.6 Å². The molecule has 0 bridgehead atoms. The fraction of sp³-hybridized carbons (Fsp3) is 0.350. The standard InChI is InChI=1S/C20H26N2O4S/c1-13-7-8-17(26-6)18(11-13)27(24,25)22(5)12-19(23)21-20-15(3)9-14(2)10-16(20)4/h7-11H,12H2,1-6H3,(H,21,23). The molecule has 2 aromatic rings. The van der Waals surface area contributed by atoms with Gasteiger partial charge in [-0.05, 0) is 56.5 Å². The smallest absolute Gasteiger partial charge is 0.246 e. The van der Waals surface area contributed by atoms with E-state index in [4.69, 9.17) is 4.74 Å². The molecule has 146 valence electrons. The number of sulfonamides is 1. The van der Waals surface area contributed by atoms with Crippen molar-refractivity contribution in [2.75, 3.05) is 26.0 Å². The lowest BCUT2D eigenvalue weighted by atomic mass is 10.1. The van der Waals surface area contributed by atoms with Crippen LogP contribution >= 0.6 is 0 Å². The Morgan fingerprint density at radius 3 is 2.19 bits per heavy atom. The van der Waals surface area contributed by atoms with Crippen LogP contribution in [0.15, 0.2) is 35.2 Å². The Hall–Kier alpha value is -2.38. The van der Waals surface area contributed by atoms with E-state index in [0.717, 1.165) is 26.6 Å². The van der Waals surface area contributed by atoms with Crippen molar-refractivity contribution in [3.05, 3.63) is 52.6 Å². The first-order valence-electron chi connectivity index (χ1n) is 8.55. The van der Waals surface area contributed by atoms with E-state index < -0.39 is 15.9 Å². The second-order valence-electron chi connectivity index (χ2n) is 6.74. The van der Waals surface area contributed by atoms with E-state index in [1.54, 1.807) is 19.1 Å². The Morgan fingerprint density at radius 1 is 1.04 bits per heavy atom. The van der Waals surface area contributed by atoms with Gasteiger partial charge < -0.3 is 10.1 Å². The van der Waals surface area contributed by atoms with Crippen LogP contribution in [0.25, 0.3) is 0 Å². The molecule has 7 heteroatoms. The minimum absolute atomic E-state index is 0.0444. The lowest BCUT2D eigenvalue weighted by Gasteiger charge is -2.20. The third-order valence-electron chi connectivity index (χ3n) is 4.32. The van der Waals surface area contributed by atoms with Crippen molar-refractivity contribution in [2.24, 2.45) is 0 Å². The van der Waals surface area contributed by atoms with Gasteiger partial charge in [-0.15, -0.1) is 0 Å². The monoisotopic (exact) mass is 390 g/mol. The molecule has 0 aliphatic carbocycles. The Bertz CT molecular complexity index is 945. The number of nitrogens with one attached hydrogen (secondary N) is 1. The maximum atomic E-state index is 12.9. The summed E-state index contributed by atoms with van der Waals surface area (Å²) in [4.78, 5) is 12.5. The first-order valence-corrected chi connectivity index (χ1v) is 9.99. The molecule has 2 rings (SSSR count). The molecule has 0 aliphatic rings. The molecule has 0 radical (unpaired) electrons. The molecule has 0 heterocycles. The molecule has 2 aromatic carbocycles. The van der Waals surface area contributed by atoms with E-state index in [-0.39, 0.29) is 17.2 Å². The maximum absolute atomic E-state index is 12.9. The predicted molar refractivity (Wildman–Crippen MR) is 107 cm³/mol. The number of carbonyl (C=O) groups is 1. The van der Waals surface area contributed by atoms with Crippen LogP contribution < -0.4 is 10.1 Å². The van der Waals surface area contributed by atoms with Crippen LogP contribution in [0.4, 0.5) is 5.69 Å². The zero-order valence-corrected chi connectivity index (χ0v) is 17.4. The number of carbonyl (C=O) groups excluding carboxylic acids is 1. The minimum atomic E-state index is -3.87. The number of hydrogen-bond acceptors (Lipinski definition) is 4. The third kappa shape index (κ3) is 4.67. The van der Waals surface area contributed by atoms with Gasteiger partial charge in [0, 0.05) is 12.7 Å². The number of anilines is 1. The van der Waals surface area contributed by atoms with Gasteiger partial charge in [-0.2, -0.15) is 4.31 Å². The van der Waals surface area contributed by atoms with Crippen LogP contribution in [0.3, 0.4) is 0 Å². The summed E-state index contributed by atoms with van der Waals surface area (Å²) in [5.74, 6) is -0.152. The molecule has 0 aromatic heterocycles. The van der Waals surface area contributed by atoms with Crippen molar-refractivity contribution in [1.82, 2.24) is 4.31 Å². The molecular formula is C20H26N2O4S. The lowest BCUT2D eigenvalue weighted by Crippen LogP contribution is -2.35. The topological polar surface area (TPSA) is 75.7 Å². The number of ether oxygens (including phenoxy) is 1. The SMILES string of the molecule is COc1ccc(C)cc1S(=O)(=O)N(C)CC(=O)Nc1c(C)cc(C)cc1C. The fourth-order valence-corrected chi connectivity index (χ4v) is 4.36. The zero-order valence-electron chi connectivity index (χ0n) is 16.6. The minimum Gasteiger partial charge on any atom is -0.495 e. The van der Waals surface area contributed by atoms with Gasteiger partial charge in [-0.3, -0.25) is 4.79 Å². The van der Waals surface area contributed by atoms with Gasteiger partial charge in [0.1, 0.15) is 10.6 Å². The van der Waals surface area contributed by atoms with E-state index in [1.807, 2.05) is 32.9 Å². The molecule has 0 spiro atoms. The quantitative estimate of drug-likeness (QED) is 0.822. The highest BCUT2D eigenvalue weighted by Crippen LogP contribution is 2.27. The number of nitrogens with zero attached hydrogens (tertiary/aromatic N) is 1. The van der Waals surface area contributed by atoms with E-state index in [9.17, 15) is 13.2 Å². The largest absolute Gasteiger partial charge is 0.495 e. The summed E-state index contributed by atoms with van der Waals surface area (Å²) < 4.78 is 32.0. The number of amides is 1. The van der Waals surface area contributed by atoms with E-state index in [2.05, 4.69) is 5.32 Å². The summed E-state index contributed by atoms with van der Waals surface area (Å²) in [6.45, 7) is 7.31. The molecule has 0 atom stereocenters. The van der Waals surface area contributed by atoms with Crippen molar-refractivity contribution >= 4 is 21.6 Å². The number of methoxy groups -OCH3 is 1. The van der Waals surface area contributed by atoms with Crippen molar-refractivity contribution < 1.29 is 17.9 Å². The number of benzene rings is 2. The van der Waals surface area contributed by atoms with Crippen LogP contribution in [0.1, 0.15) is 22.3 Å². The summed E-state index contributed by atoms with van der Waals surface area (Å²) in [7, 11) is -1.07. The Balaban J connectivity index is 2.23. The van der Waals surface area contributed by atoms with Gasteiger partial charge in [-0.25, -0.2) is 8.42 Å². The Kier molecular flexibility index (Phi) is 6.28. The number of rotatable bonds is 6. The summed E-state index contributed by atoms with van der Waals surface area (Å²) in [5.41, 5.74) is 4.48. The maximum Gasteiger partial charge on any atom is 0.246 e. The van der Waals surface area contributed by atoms with Crippen molar-refractivity contribution in [3.8, 4) is 5.75 Å². The predicted octanol–water partition coefficient (Wildman–Crippen LogP) is 3.19. The lowest BCUT2D eigenvalue weighted by molar-refractivity contribution is -0.116. The van der Waals surface area contributed by atoms with Crippen LogP contribution in [0, 0.1) is 27.7 Å². The molecule has 1 amide bonds. The van der Waals surface area contributed by atoms with Gasteiger partial charge >= 0.3 is 0 Å². The average molecular weight is 391 g/mol. The summed E-state index contributed by atoms with van der Waals surface area (Å²) in [6, 6.07) is 8.86. The van der Waals surface area contributed by atoms with Crippen LogP contribution in [-0.4, -0.2) is 39.3 Å². The molecule has 0 aliphatic heterocycles. The van der Waals surface area contributed by atoms with Gasteiger partial charge in [0.2, 0.25) is 15.9 Å². The Morgan fingerprint density at radius 2 is 1.63 bits per heavy atom. The molecule has 27 heavy (non-hydrogen) atoms. The fourth-order valence-electron chi connectivity index (χ4n) is 3.00. The van der Waals surface area contributed by atoms with Crippen molar-refractivity contribution in [1.29, 1.82) is 0 Å². The molecule has 6 nitrogen and oxygen atoms in total. The number of aryl methyl sites for hydroxylation is 4. The van der Waals surface area contributed by atoms with Gasteiger partial charge in [0.25, 0.3) is 0 Å². The molecule has 0 saturated carbocycles. The molecule has 0 saturated heterocycles. The van der Waals surface area contributed by atoms with Crippen LogP contribution in [-0.2, 0) is 14.8 Å². The van der Waals surface area contributed by atoms with Gasteiger partial charge in [-0.1, -0.05) is 23.8 Å². The number of likely N-dealkylation sites (N-methyl/N-ethyl adjacent to an activating group) is 1.